The van der Waals surface area contributed by atoms with E-state index in [-0.39, 0.29) is 5.41 Å². The van der Waals surface area contributed by atoms with Crippen LogP contribution in [-0.2, 0) is 4.74 Å². The summed E-state index contributed by atoms with van der Waals surface area (Å²) in [7, 11) is 0. The molecule has 4 heteroatoms. The largest absolute Gasteiger partial charge is 0.388 e. The van der Waals surface area contributed by atoms with Crippen molar-refractivity contribution >= 4 is 0 Å². The zero-order valence-corrected chi connectivity index (χ0v) is 9.84. The molecular weight excluding hydrogens is 196 g/mol. The number of aliphatic hydroxyl groups is 3. The minimum Gasteiger partial charge on any atom is -0.388 e. The van der Waals surface area contributed by atoms with Crippen LogP contribution in [0.1, 0.15) is 34.1 Å². The van der Waals surface area contributed by atoms with Crippen LogP contribution < -0.4 is 0 Å². The van der Waals surface area contributed by atoms with Gasteiger partial charge in [0, 0.05) is 0 Å². The molecule has 1 aliphatic heterocycles. The van der Waals surface area contributed by atoms with Crippen LogP contribution in [0.3, 0.4) is 0 Å². The molecule has 0 radical (unpaired) electrons. The van der Waals surface area contributed by atoms with Gasteiger partial charge in [-0.1, -0.05) is 20.8 Å². The van der Waals surface area contributed by atoms with Crippen molar-refractivity contribution in [2.24, 2.45) is 5.41 Å². The van der Waals surface area contributed by atoms with Crippen LogP contribution in [0.5, 0.6) is 0 Å². The van der Waals surface area contributed by atoms with Crippen LogP contribution in [-0.4, -0.2) is 45.8 Å². The Morgan fingerprint density at radius 3 is 2.00 bits per heavy atom. The van der Waals surface area contributed by atoms with Gasteiger partial charge in [0.25, 0.3) is 0 Å². The van der Waals surface area contributed by atoms with Crippen molar-refractivity contribution in [3.63, 3.8) is 0 Å². The van der Waals surface area contributed by atoms with Crippen molar-refractivity contribution in [1.29, 1.82) is 0 Å². The lowest BCUT2D eigenvalue weighted by atomic mass is 9.84. The third-order valence-electron chi connectivity index (χ3n) is 2.76. The molecule has 1 aliphatic rings. The molecule has 5 atom stereocenters. The predicted octanol–water partition coefficient (Wildman–Crippen LogP) is 0.293. The van der Waals surface area contributed by atoms with Gasteiger partial charge in [0.05, 0.1) is 12.2 Å². The van der Waals surface area contributed by atoms with Gasteiger partial charge >= 0.3 is 0 Å². The average Bonchev–Trinajstić information content (AvgIpc) is 2.08. The first kappa shape index (κ1) is 12.9. The molecule has 1 fully saturated rings. The van der Waals surface area contributed by atoms with Crippen LogP contribution in [0, 0.1) is 5.41 Å². The molecule has 1 saturated heterocycles. The van der Waals surface area contributed by atoms with Crippen LogP contribution in [0.4, 0.5) is 0 Å². The minimum absolute atomic E-state index is 0.0212. The number of hydrogen-bond acceptors (Lipinski definition) is 4. The van der Waals surface area contributed by atoms with Crippen LogP contribution in [0.25, 0.3) is 0 Å². The maximum Gasteiger partial charge on any atom is 0.111 e. The van der Waals surface area contributed by atoms with E-state index in [1.807, 2.05) is 20.8 Å². The van der Waals surface area contributed by atoms with E-state index in [1.54, 1.807) is 6.92 Å². The van der Waals surface area contributed by atoms with Gasteiger partial charge in [-0.2, -0.15) is 0 Å². The standard InChI is InChI=1S/C11H22O4/c1-6-8(12)10(14)9(13)7(15-6)5-11(2,3)4/h6-10,12-14H,5H2,1-4H3/t6?,7-,8+,9-,10-/m1/s1. The van der Waals surface area contributed by atoms with E-state index >= 15 is 0 Å². The number of rotatable bonds is 1. The van der Waals surface area contributed by atoms with Crippen molar-refractivity contribution in [2.75, 3.05) is 0 Å². The SMILES string of the molecule is CC1O[C@H](CC(C)(C)C)[C@@H](O)[C@H](O)[C@H]1O. The van der Waals surface area contributed by atoms with Crippen LogP contribution >= 0.6 is 0 Å². The lowest BCUT2D eigenvalue weighted by Gasteiger charge is -2.41. The van der Waals surface area contributed by atoms with Crippen molar-refractivity contribution in [3.05, 3.63) is 0 Å². The average molecular weight is 218 g/mol. The number of aliphatic hydroxyl groups excluding tert-OH is 3. The molecule has 0 aromatic carbocycles. The monoisotopic (exact) mass is 218 g/mol. The van der Waals surface area contributed by atoms with E-state index in [1.165, 1.54) is 0 Å². The molecule has 1 heterocycles. The summed E-state index contributed by atoms with van der Waals surface area (Å²) in [5.41, 5.74) is 0.0212. The molecule has 0 aliphatic carbocycles. The van der Waals surface area contributed by atoms with E-state index in [0.29, 0.717) is 6.42 Å². The lowest BCUT2D eigenvalue weighted by molar-refractivity contribution is -0.222. The molecule has 1 unspecified atom stereocenters. The number of hydrogen-bond donors (Lipinski definition) is 3. The molecule has 1 rings (SSSR count). The van der Waals surface area contributed by atoms with Crippen molar-refractivity contribution < 1.29 is 20.1 Å². The number of ether oxygens (including phenoxy) is 1. The Hall–Kier alpha value is -0.160. The first-order chi connectivity index (χ1) is 6.72. The summed E-state index contributed by atoms with van der Waals surface area (Å²) in [6.07, 6.45) is -3.30. The quantitative estimate of drug-likeness (QED) is 0.592. The van der Waals surface area contributed by atoms with E-state index in [2.05, 4.69) is 0 Å². The fourth-order valence-corrected chi connectivity index (χ4v) is 1.91. The first-order valence-electron chi connectivity index (χ1n) is 5.42. The zero-order valence-electron chi connectivity index (χ0n) is 9.84. The Labute approximate surface area is 90.9 Å². The summed E-state index contributed by atoms with van der Waals surface area (Å²) in [5.74, 6) is 0. The van der Waals surface area contributed by atoms with Crippen LogP contribution in [0.2, 0.25) is 0 Å². The van der Waals surface area contributed by atoms with Gasteiger partial charge in [0.1, 0.15) is 18.3 Å². The Balaban J connectivity index is 2.67. The van der Waals surface area contributed by atoms with Gasteiger partial charge in [-0.25, -0.2) is 0 Å². The van der Waals surface area contributed by atoms with Crippen molar-refractivity contribution in [2.45, 2.75) is 64.6 Å². The molecule has 90 valence electrons. The highest BCUT2D eigenvalue weighted by Gasteiger charge is 2.42. The van der Waals surface area contributed by atoms with E-state index in [9.17, 15) is 15.3 Å². The zero-order chi connectivity index (χ0) is 11.8. The highest BCUT2D eigenvalue weighted by molar-refractivity contribution is 4.91. The smallest absolute Gasteiger partial charge is 0.111 e. The lowest BCUT2D eigenvalue weighted by Crippen LogP contribution is -2.57. The molecule has 0 saturated carbocycles. The molecule has 0 spiro atoms. The normalized spacial score (nSPS) is 43.0. The molecule has 0 aromatic heterocycles. The molecule has 0 bridgehead atoms. The second-order valence-corrected chi connectivity index (χ2v) is 5.62. The summed E-state index contributed by atoms with van der Waals surface area (Å²) in [6, 6.07) is 0. The van der Waals surface area contributed by atoms with E-state index in [4.69, 9.17) is 4.74 Å². The molecule has 0 amide bonds. The van der Waals surface area contributed by atoms with Gasteiger partial charge in [0.2, 0.25) is 0 Å². The predicted molar refractivity (Wildman–Crippen MR) is 56.4 cm³/mol. The summed E-state index contributed by atoms with van der Waals surface area (Å²) in [5, 5.41) is 28.9. The van der Waals surface area contributed by atoms with Gasteiger partial charge in [-0.3, -0.25) is 0 Å². The fourth-order valence-electron chi connectivity index (χ4n) is 1.91. The van der Waals surface area contributed by atoms with Gasteiger partial charge in [0.15, 0.2) is 0 Å². The third kappa shape index (κ3) is 3.14. The molecule has 4 nitrogen and oxygen atoms in total. The molecule has 3 N–H and O–H groups in total. The maximum atomic E-state index is 9.75. The Kier molecular flexibility index (Phi) is 3.76. The van der Waals surface area contributed by atoms with E-state index in [0.717, 1.165) is 0 Å². The Morgan fingerprint density at radius 1 is 1.00 bits per heavy atom. The van der Waals surface area contributed by atoms with Crippen LogP contribution in [0.15, 0.2) is 0 Å². The van der Waals surface area contributed by atoms with Gasteiger partial charge < -0.3 is 20.1 Å². The molecule has 15 heavy (non-hydrogen) atoms. The highest BCUT2D eigenvalue weighted by atomic mass is 16.5. The minimum atomic E-state index is -1.11. The fraction of sp³-hybridized carbons (Fsp3) is 1.00. The second-order valence-electron chi connectivity index (χ2n) is 5.62. The molecular formula is C11H22O4. The summed E-state index contributed by atoms with van der Waals surface area (Å²) in [4.78, 5) is 0. The first-order valence-corrected chi connectivity index (χ1v) is 5.42. The summed E-state index contributed by atoms with van der Waals surface area (Å²) < 4.78 is 5.50. The van der Waals surface area contributed by atoms with E-state index < -0.39 is 30.5 Å². The Bertz CT molecular complexity index is 211. The summed E-state index contributed by atoms with van der Waals surface area (Å²) in [6.45, 7) is 7.84. The molecule has 0 aromatic rings. The summed E-state index contributed by atoms with van der Waals surface area (Å²) >= 11 is 0. The maximum absolute atomic E-state index is 9.75. The van der Waals surface area contributed by atoms with Crippen molar-refractivity contribution in [3.8, 4) is 0 Å². The van der Waals surface area contributed by atoms with Gasteiger partial charge in [-0.05, 0) is 18.8 Å². The topological polar surface area (TPSA) is 69.9 Å². The van der Waals surface area contributed by atoms with Gasteiger partial charge in [-0.15, -0.1) is 0 Å². The third-order valence-corrected chi connectivity index (χ3v) is 2.76. The Morgan fingerprint density at radius 2 is 1.53 bits per heavy atom. The second kappa shape index (κ2) is 4.37. The van der Waals surface area contributed by atoms with Crippen molar-refractivity contribution in [1.82, 2.24) is 0 Å². The highest BCUT2D eigenvalue weighted by Crippen LogP contribution is 2.30.